The number of hydrogen-bond acceptors (Lipinski definition) is 0. The smallest absolute Gasteiger partial charge is 0.0316 e. The molecule has 0 aliphatic rings. The Morgan fingerprint density at radius 3 is 1.14 bits per heavy atom. The van der Waals surface area contributed by atoms with Gasteiger partial charge in [0.25, 0.3) is 0 Å². The molecule has 0 atom stereocenters. The van der Waals surface area contributed by atoms with E-state index in [4.69, 9.17) is 0 Å². The van der Waals surface area contributed by atoms with Gasteiger partial charge >= 0.3 is 0 Å². The van der Waals surface area contributed by atoms with Gasteiger partial charge in [0.1, 0.15) is 0 Å². The third-order valence-electron chi connectivity index (χ3n) is 1.41. The second kappa shape index (κ2) is 17.7. The van der Waals surface area contributed by atoms with Crippen LogP contribution < -0.4 is 0 Å². The molecule has 0 aromatic heterocycles. The summed E-state index contributed by atoms with van der Waals surface area (Å²) in [6, 6.07) is 0. The molecule has 14 heavy (non-hydrogen) atoms. The molecular formula is C14H22. The molecule has 0 amide bonds. The van der Waals surface area contributed by atoms with Crippen molar-refractivity contribution in [1.29, 1.82) is 0 Å². The molecule has 0 saturated heterocycles. The van der Waals surface area contributed by atoms with E-state index in [1.165, 1.54) is 0 Å². The van der Waals surface area contributed by atoms with Crippen molar-refractivity contribution in [3.05, 3.63) is 62.8 Å². The maximum Gasteiger partial charge on any atom is -0.0316 e. The van der Waals surface area contributed by atoms with Gasteiger partial charge in [0.2, 0.25) is 0 Å². The van der Waals surface area contributed by atoms with E-state index in [2.05, 4.69) is 38.5 Å². The van der Waals surface area contributed by atoms with Crippen LogP contribution in [0.1, 0.15) is 25.7 Å². The molecule has 0 N–H and O–H groups in total. The molecule has 0 unspecified atom stereocenters. The summed E-state index contributed by atoms with van der Waals surface area (Å²) in [7, 11) is 0. The van der Waals surface area contributed by atoms with Crippen LogP contribution in [0, 0.1) is 0 Å². The fraction of sp³-hybridized carbons (Fsp3) is 0.286. The summed E-state index contributed by atoms with van der Waals surface area (Å²) >= 11 is 0. The molecule has 0 rings (SSSR count). The summed E-state index contributed by atoms with van der Waals surface area (Å²) in [6.07, 6.45) is 16.0. The first-order valence-corrected chi connectivity index (χ1v) is 4.93. The van der Waals surface area contributed by atoms with E-state index in [0.717, 1.165) is 25.7 Å². The first-order valence-electron chi connectivity index (χ1n) is 4.93. The van der Waals surface area contributed by atoms with Crippen molar-refractivity contribution in [2.45, 2.75) is 25.7 Å². The van der Waals surface area contributed by atoms with Gasteiger partial charge in [-0.1, -0.05) is 49.6 Å². The lowest BCUT2D eigenvalue weighted by Gasteiger charge is -1.85. The molecule has 0 heteroatoms. The minimum Gasteiger partial charge on any atom is -0.103 e. The normalized spacial score (nSPS) is 8.57. The Labute approximate surface area is 89.0 Å². The minimum atomic E-state index is 1.09. The van der Waals surface area contributed by atoms with Crippen molar-refractivity contribution in [1.82, 2.24) is 0 Å². The van der Waals surface area contributed by atoms with Gasteiger partial charge in [-0.2, -0.15) is 0 Å². The van der Waals surface area contributed by atoms with E-state index in [9.17, 15) is 0 Å². The zero-order valence-electron chi connectivity index (χ0n) is 9.12. The molecule has 0 nitrogen and oxygen atoms in total. The summed E-state index contributed by atoms with van der Waals surface area (Å²) in [6.45, 7) is 14.0. The van der Waals surface area contributed by atoms with Gasteiger partial charge < -0.3 is 0 Å². The molecule has 0 aromatic rings. The van der Waals surface area contributed by atoms with Gasteiger partial charge in [-0.3, -0.25) is 0 Å². The first kappa shape index (κ1) is 15.2. The van der Waals surface area contributed by atoms with Gasteiger partial charge in [-0.05, 0) is 25.7 Å². The molecule has 78 valence electrons. The largest absolute Gasteiger partial charge is 0.103 e. The highest BCUT2D eigenvalue weighted by atomic mass is 13.8. The third-order valence-corrected chi connectivity index (χ3v) is 1.41. The van der Waals surface area contributed by atoms with Crippen molar-refractivity contribution in [2.24, 2.45) is 0 Å². The highest BCUT2D eigenvalue weighted by molar-refractivity contribution is 4.88. The lowest BCUT2D eigenvalue weighted by Crippen LogP contribution is -1.65. The van der Waals surface area contributed by atoms with Crippen molar-refractivity contribution in [2.75, 3.05) is 0 Å². The van der Waals surface area contributed by atoms with Crippen molar-refractivity contribution < 1.29 is 0 Å². The molecule has 0 saturated carbocycles. The van der Waals surface area contributed by atoms with Gasteiger partial charge in [-0.15, -0.1) is 13.2 Å². The van der Waals surface area contributed by atoms with Gasteiger partial charge in [-0.25, -0.2) is 0 Å². The average molecular weight is 190 g/mol. The van der Waals surface area contributed by atoms with Crippen LogP contribution in [-0.2, 0) is 0 Å². The van der Waals surface area contributed by atoms with Crippen LogP contribution in [0.15, 0.2) is 62.8 Å². The summed E-state index contributed by atoms with van der Waals surface area (Å²) in [5.74, 6) is 0. The quantitative estimate of drug-likeness (QED) is 0.306. The number of allylic oxidation sites excluding steroid dienone is 6. The third kappa shape index (κ3) is 22.4. The van der Waals surface area contributed by atoms with E-state index >= 15 is 0 Å². The molecule has 0 aliphatic heterocycles. The van der Waals surface area contributed by atoms with Gasteiger partial charge in [0.15, 0.2) is 0 Å². The summed E-state index contributed by atoms with van der Waals surface area (Å²) in [4.78, 5) is 0. The molecule has 0 bridgehead atoms. The standard InChI is InChI=1S/C10H16.C4H6/c1-3-5-7-9-10-8-6-4-2;1-3-4-2/h3-4,9-10H,1-2,5-8H2;3-4H,1-2H2. The SMILES string of the molecule is C=CC=C.C=CCCC=CCCC=C. The monoisotopic (exact) mass is 190 g/mol. The average Bonchev–Trinajstić information content (AvgIpc) is 2.24. The lowest BCUT2D eigenvalue weighted by molar-refractivity contribution is 1.01. The van der Waals surface area contributed by atoms with Crippen LogP contribution in [0.4, 0.5) is 0 Å². The van der Waals surface area contributed by atoms with Crippen molar-refractivity contribution >= 4 is 0 Å². The van der Waals surface area contributed by atoms with Crippen molar-refractivity contribution in [3.8, 4) is 0 Å². The van der Waals surface area contributed by atoms with Gasteiger partial charge in [0, 0.05) is 0 Å². The zero-order chi connectivity index (χ0) is 11.1. The second-order valence-corrected chi connectivity index (χ2v) is 2.67. The highest BCUT2D eigenvalue weighted by Gasteiger charge is 1.75. The molecular weight excluding hydrogens is 168 g/mol. The maximum atomic E-state index is 3.64. The van der Waals surface area contributed by atoms with E-state index < -0.39 is 0 Å². The first-order chi connectivity index (χ1) is 6.83. The van der Waals surface area contributed by atoms with Crippen molar-refractivity contribution in [3.63, 3.8) is 0 Å². The van der Waals surface area contributed by atoms with Gasteiger partial charge in [0.05, 0.1) is 0 Å². The summed E-state index contributed by atoms with van der Waals surface area (Å²) in [5, 5.41) is 0. The molecule has 0 aliphatic carbocycles. The Morgan fingerprint density at radius 1 is 0.571 bits per heavy atom. The Morgan fingerprint density at radius 2 is 0.929 bits per heavy atom. The fourth-order valence-corrected chi connectivity index (χ4v) is 0.664. The molecule has 0 aromatic carbocycles. The van der Waals surface area contributed by atoms with E-state index in [1.54, 1.807) is 12.2 Å². The second-order valence-electron chi connectivity index (χ2n) is 2.67. The predicted molar refractivity (Wildman–Crippen MR) is 68.4 cm³/mol. The summed E-state index contributed by atoms with van der Waals surface area (Å²) < 4.78 is 0. The molecule has 0 radical (unpaired) electrons. The maximum absolute atomic E-state index is 3.64. The van der Waals surface area contributed by atoms with Crippen LogP contribution >= 0.6 is 0 Å². The Bertz CT molecular complexity index is 152. The fourth-order valence-electron chi connectivity index (χ4n) is 0.664. The Kier molecular flexibility index (Phi) is 19.2. The summed E-state index contributed by atoms with van der Waals surface area (Å²) in [5.41, 5.74) is 0. The zero-order valence-corrected chi connectivity index (χ0v) is 9.12. The predicted octanol–water partition coefficient (Wildman–Crippen LogP) is 4.83. The Hall–Kier alpha value is -1.30. The Balaban J connectivity index is 0. The molecule has 0 spiro atoms. The molecule has 0 fully saturated rings. The van der Waals surface area contributed by atoms with Crippen LogP contribution in [-0.4, -0.2) is 0 Å². The number of rotatable bonds is 7. The minimum absolute atomic E-state index is 1.09. The molecule has 0 heterocycles. The van der Waals surface area contributed by atoms with Crippen LogP contribution in [0.5, 0.6) is 0 Å². The number of hydrogen-bond donors (Lipinski definition) is 0. The van der Waals surface area contributed by atoms with E-state index in [1.807, 2.05) is 12.2 Å². The highest BCUT2D eigenvalue weighted by Crippen LogP contribution is 1.95. The van der Waals surface area contributed by atoms with E-state index in [0.29, 0.717) is 0 Å². The lowest BCUT2D eigenvalue weighted by atomic mass is 10.2. The topological polar surface area (TPSA) is 0 Å². The number of unbranched alkanes of at least 4 members (excludes halogenated alkanes) is 2. The van der Waals surface area contributed by atoms with Crippen LogP contribution in [0.25, 0.3) is 0 Å². The van der Waals surface area contributed by atoms with E-state index in [-0.39, 0.29) is 0 Å². The van der Waals surface area contributed by atoms with Crippen LogP contribution in [0.3, 0.4) is 0 Å². The van der Waals surface area contributed by atoms with Crippen LogP contribution in [0.2, 0.25) is 0 Å².